The van der Waals surface area contributed by atoms with Gasteiger partial charge in [0, 0.05) is 0 Å². The van der Waals surface area contributed by atoms with Crippen LogP contribution in [0.5, 0.6) is 0 Å². The van der Waals surface area contributed by atoms with Gasteiger partial charge >= 0.3 is 38.6 Å². The second-order valence-electron chi connectivity index (χ2n) is 2.24. The first-order valence-electron chi connectivity index (χ1n) is 3.47. The molecule has 0 aliphatic heterocycles. The summed E-state index contributed by atoms with van der Waals surface area (Å²) < 4.78 is 0. The minimum atomic E-state index is -4.61. The molecule has 0 fully saturated rings. The first-order chi connectivity index (χ1) is 5.93. The number of hydrogen-bond donors (Lipinski definition) is 5. The Hall–Kier alpha value is 0.237. The van der Waals surface area contributed by atoms with Crippen LogP contribution in [0.3, 0.4) is 0 Å². The van der Waals surface area contributed by atoms with Gasteiger partial charge in [-0.2, -0.15) is 0 Å². The fraction of sp³-hybridized carbons (Fsp3) is 0.143. The Labute approximate surface area is 107 Å². The predicted molar refractivity (Wildman–Crippen MR) is 48.1 cm³/mol. The fourth-order valence-electron chi connectivity index (χ4n) is 0.583. The van der Waals surface area contributed by atoms with Crippen molar-refractivity contribution in [3.8, 4) is 0 Å². The van der Waals surface area contributed by atoms with E-state index in [1.54, 1.807) is 0 Å². The quantitative estimate of drug-likeness (QED) is 0.313. The Morgan fingerprint density at radius 2 is 1.36 bits per heavy atom. The summed E-state index contributed by atoms with van der Waals surface area (Å²) in [6, 6.07) is 9.52. The largest absolute Gasteiger partial charge is 1.00 e. The van der Waals surface area contributed by atoms with Gasteiger partial charge in [0.2, 0.25) is 0 Å². The molecule has 0 aliphatic rings. The van der Waals surface area contributed by atoms with Crippen molar-refractivity contribution in [1.82, 2.24) is 0 Å². The van der Waals surface area contributed by atoms with Crippen LogP contribution in [-0.4, -0.2) is 33.3 Å². The third kappa shape index (κ3) is 14.7. The zero-order valence-corrected chi connectivity index (χ0v) is 10.8. The van der Waals surface area contributed by atoms with Crippen LogP contribution in [0.15, 0.2) is 30.3 Å². The molecule has 5 nitrogen and oxygen atoms in total. The maximum atomic E-state index is 8.54. The van der Waals surface area contributed by atoms with E-state index in [9.17, 15) is 0 Å². The van der Waals surface area contributed by atoms with Gasteiger partial charge in [0.25, 0.3) is 0 Å². The van der Waals surface area contributed by atoms with Crippen LogP contribution in [0.4, 0.5) is 0 Å². The van der Waals surface area contributed by atoms with Gasteiger partial charge in [-0.25, -0.2) is 0 Å². The molecule has 1 aromatic rings. The molecule has 0 bridgehead atoms. The van der Waals surface area contributed by atoms with E-state index < -0.39 is 9.05 Å². The van der Waals surface area contributed by atoms with Crippen LogP contribution in [-0.2, 0) is 6.61 Å². The molecule has 76 valence electrons. The summed E-state index contributed by atoms with van der Waals surface area (Å²) in [5.74, 6) is 0. The average Bonchev–Trinajstić information content (AvgIpc) is 2.03. The molecule has 0 radical (unpaired) electrons. The molecular formula is C7H13NaO5Si. The summed E-state index contributed by atoms with van der Waals surface area (Å²) in [5, 5.41) is 8.54. The van der Waals surface area contributed by atoms with Crippen molar-refractivity contribution in [1.29, 1.82) is 0 Å². The van der Waals surface area contributed by atoms with Crippen molar-refractivity contribution in [2.45, 2.75) is 6.61 Å². The molecule has 0 atom stereocenters. The van der Waals surface area contributed by atoms with Crippen LogP contribution < -0.4 is 29.6 Å². The summed E-state index contributed by atoms with van der Waals surface area (Å²) in [7, 11) is -4.61. The summed E-state index contributed by atoms with van der Waals surface area (Å²) in [4.78, 5) is 29.3. The minimum absolute atomic E-state index is 0. The van der Waals surface area contributed by atoms with E-state index >= 15 is 0 Å². The first-order valence-corrected chi connectivity index (χ1v) is 5.26. The Balaban J connectivity index is -0.000000185. The molecule has 0 spiro atoms. The van der Waals surface area contributed by atoms with Crippen molar-refractivity contribution < 1.29 is 55.3 Å². The van der Waals surface area contributed by atoms with E-state index in [4.69, 9.17) is 24.3 Å². The summed E-state index contributed by atoms with van der Waals surface area (Å²) in [5.41, 5.74) is 0.965. The molecule has 0 saturated heterocycles. The summed E-state index contributed by atoms with van der Waals surface area (Å²) in [6.07, 6.45) is 0. The number of benzene rings is 1. The van der Waals surface area contributed by atoms with E-state index in [0.29, 0.717) is 0 Å². The van der Waals surface area contributed by atoms with Crippen molar-refractivity contribution >= 4 is 9.05 Å². The van der Waals surface area contributed by atoms with Crippen LogP contribution in [0.2, 0.25) is 0 Å². The number of hydrogen-bond acceptors (Lipinski definition) is 5. The second kappa shape index (κ2) is 8.54. The minimum Gasteiger partial charge on any atom is -1.00 e. The van der Waals surface area contributed by atoms with Crippen molar-refractivity contribution in [3.05, 3.63) is 35.9 Å². The Morgan fingerprint density at radius 1 is 1.00 bits per heavy atom. The molecule has 1 aromatic carbocycles. The zero-order chi connectivity index (χ0) is 10.3. The van der Waals surface area contributed by atoms with Gasteiger partial charge in [-0.15, -0.1) is 0 Å². The van der Waals surface area contributed by atoms with Gasteiger partial charge in [0.05, 0.1) is 6.61 Å². The van der Waals surface area contributed by atoms with Gasteiger partial charge in [0.1, 0.15) is 0 Å². The van der Waals surface area contributed by atoms with Crippen molar-refractivity contribution in [3.63, 3.8) is 0 Å². The third-order valence-electron chi connectivity index (χ3n) is 1.03. The van der Waals surface area contributed by atoms with Gasteiger partial charge in [0.15, 0.2) is 0 Å². The molecule has 14 heavy (non-hydrogen) atoms. The Kier molecular flexibility index (Phi) is 10.2. The Bertz CT molecular complexity index is 225. The molecule has 1 rings (SSSR count). The molecule has 0 unspecified atom stereocenters. The monoisotopic (exact) mass is 228 g/mol. The molecule has 7 heteroatoms. The number of aliphatic hydroxyl groups excluding tert-OH is 1. The van der Waals surface area contributed by atoms with Gasteiger partial charge < -0.3 is 25.7 Å². The van der Waals surface area contributed by atoms with Crippen LogP contribution >= 0.6 is 0 Å². The van der Waals surface area contributed by atoms with E-state index in [0.717, 1.165) is 5.56 Å². The van der Waals surface area contributed by atoms with Gasteiger partial charge in [-0.3, -0.25) is 0 Å². The van der Waals surface area contributed by atoms with E-state index in [2.05, 4.69) is 0 Å². The summed E-state index contributed by atoms with van der Waals surface area (Å²) in [6.45, 7) is 0.140. The average molecular weight is 228 g/mol. The molecule has 0 aliphatic carbocycles. The van der Waals surface area contributed by atoms with Crippen LogP contribution in [0.25, 0.3) is 0 Å². The number of aliphatic hydroxyl groups is 1. The van der Waals surface area contributed by atoms with Crippen LogP contribution in [0.1, 0.15) is 6.99 Å². The van der Waals surface area contributed by atoms with E-state index in [1.807, 2.05) is 30.3 Å². The van der Waals surface area contributed by atoms with Crippen molar-refractivity contribution in [2.24, 2.45) is 0 Å². The SMILES string of the molecule is OCc1ccccc1.O[Si](O)(O)O.[H-].[Na+]. The number of rotatable bonds is 1. The maximum Gasteiger partial charge on any atom is 1.00 e. The normalized spacial score (nSPS) is 9.50. The molecular weight excluding hydrogens is 215 g/mol. The molecule has 5 N–H and O–H groups in total. The first kappa shape index (κ1) is 16.7. The molecule has 0 heterocycles. The van der Waals surface area contributed by atoms with Gasteiger partial charge in [-0.05, 0) is 5.56 Å². The van der Waals surface area contributed by atoms with E-state index in [-0.39, 0.29) is 37.6 Å². The third-order valence-corrected chi connectivity index (χ3v) is 1.03. The topological polar surface area (TPSA) is 101 Å². The maximum absolute atomic E-state index is 8.54. The summed E-state index contributed by atoms with van der Waals surface area (Å²) >= 11 is 0. The molecule has 0 aromatic heterocycles. The fourth-order valence-corrected chi connectivity index (χ4v) is 0.583. The second-order valence-corrected chi connectivity index (χ2v) is 3.44. The predicted octanol–water partition coefficient (Wildman–Crippen LogP) is -4.31. The van der Waals surface area contributed by atoms with Crippen molar-refractivity contribution in [2.75, 3.05) is 0 Å². The Morgan fingerprint density at radius 3 is 1.57 bits per heavy atom. The van der Waals surface area contributed by atoms with Gasteiger partial charge in [-0.1, -0.05) is 30.3 Å². The van der Waals surface area contributed by atoms with Crippen LogP contribution in [0, 0.1) is 0 Å². The molecule has 0 amide bonds. The zero-order valence-electron chi connectivity index (χ0n) is 8.83. The standard InChI is InChI=1S/C7H8O.Na.H4O4Si.H/c8-6-7-4-2-1-3-5-7;;1-5(2,3)4;/h1-5,8H,6H2;;1-4H;/q;+1;;-1. The molecule has 0 saturated carbocycles. The van der Waals surface area contributed by atoms with E-state index in [1.165, 1.54) is 0 Å². The smallest absolute Gasteiger partial charge is 1.00 e.